The molecule has 1 fully saturated rings. The lowest BCUT2D eigenvalue weighted by molar-refractivity contribution is -0.236. The van der Waals surface area contributed by atoms with E-state index in [9.17, 15) is 14.7 Å². The lowest BCUT2D eigenvalue weighted by Crippen LogP contribution is -2.58. The Hall–Kier alpha value is -1.26. The molecular formula is C14H24O9. The molecule has 23 heavy (non-hydrogen) atoms. The third-order valence-corrected chi connectivity index (χ3v) is 3.40. The molecule has 1 N–H and O–H groups in total. The van der Waals surface area contributed by atoms with Crippen molar-refractivity contribution in [3.05, 3.63) is 0 Å². The Kier molecular flexibility index (Phi) is 8.42. The van der Waals surface area contributed by atoms with Crippen LogP contribution in [0.3, 0.4) is 0 Å². The Morgan fingerprint density at radius 3 is 2.43 bits per heavy atom. The lowest BCUT2D eigenvalue weighted by atomic mass is 9.88. The number of ether oxygens (including phenoxy) is 6. The summed E-state index contributed by atoms with van der Waals surface area (Å²) in [6.07, 6.45) is -4.54. The zero-order valence-electron chi connectivity index (χ0n) is 13.7. The van der Waals surface area contributed by atoms with E-state index in [2.05, 4.69) is 0 Å². The van der Waals surface area contributed by atoms with E-state index in [0.29, 0.717) is 0 Å². The summed E-state index contributed by atoms with van der Waals surface area (Å²) in [5.41, 5.74) is 0. The first kappa shape index (κ1) is 19.8. The zero-order chi connectivity index (χ0) is 17.4. The summed E-state index contributed by atoms with van der Waals surface area (Å²) in [7, 11) is 2.84. The van der Waals surface area contributed by atoms with Crippen molar-refractivity contribution in [2.24, 2.45) is 5.92 Å². The lowest BCUT2D eigenvalue weighted by Gasteiger charge is -2.40. The zero-order valence-corrected chi connectivity index (χ0v) is 13.7. The minimum atomic E-state index is -1.61. The minimum absolute atomic E-state index is 0.0860. The number of cyclic esters (lactones) is 1. The van der Waals surface area contributed by atoms with Crippen molar-refractivity contribution in [2.45, 2.75) is 38.3 Å². The van der Waals surface area contributed by atoms with Crippen LogP contribution in [-0.4, -0.2) is 75.9 Å². The molecule has 1 rings (SSSR count). The van der Waals surface area contributed by atoms with Gasteiger partial charge in [-0.05, 0) is 6.92 Å². The van der Waals surface area contributed by atoms with Gasteiger partial charge in [0.05, 0.1) is 6.61 Å². The highest BCUT2D eigenvalue weighted by atomic mass is 16.7. The van der Waals surface area contributed by atoms with Gasteiger partial charge in [0.15, 0.2) is 12.2 Å². The molecule has 0 spiro atoms. The van der Waals surface area contributed by atoms with Gasteiger partial charge in [0.1, 0.15) is 25.8 Å². The Labute approximate surface area is 134 Å². The highest BCUT2D eigenvalue weighted by molar-refractivity contribution is 5.79. The van der Waals surface area contributed by atoms with Gasteiger partial charge in [-0.1, -0.05) is 6.92 Å². The molecule has 0 radical (unpaired) electrons. The molecule has 0 aromatic carbocycles. The molecule has 1 aliphatic rings. The summed E-state index contributed by atoms with van der Waals surface area (Å²) in [5, 5.41) is 10.1. The number of aliphatic hydroxyl groups excluding tert-OH is 1. The van der Waals surface area contributed by atoms with Gasteiger partial charge in [-0.15, -0.1) is 0 Å². The van der Waals surface area contributed by atoms with Crippen LogP contribution in [-0.2, 0) is 38.0 Å². The van der Waals surface area contributed by atoms with E-state index in [-0.39, 0.29) is 20.2 Å². The van der Waals surface area contributed by atoms with Crippen LogP contribution in [0.15, 0.2) is 0 Å². The molecule has 9 nitrogen and oxygen atoms in total. The second-order valence-corrected chi connectivity index (χ2v) is 4.99. The number of aliphatic hydroxyl groups is 1. The fourth-order valence-corrected chi connectivity index (χ4v) is 2.31. The van der Waals surface area contributed by atoms with Crippen LogP contribution in [0.4, 0.5) is 0 Å². The molecule has 134 valence electrons. The topological polar surface area (TPSA) is 110 Å². The highest BCUT2D eigenvalue weighted by Crippen LogP contribution is 2.29. The standard InChI is InChI=1S/C14H24O9/c1-5-20-13(16)9(15)10-8(2)11(21-6-18-3)12(14(17)23-10)22-7-19-4/h8-12,15H,5-7H2,1-4H3/t8-,9+,10+,11+,12-/m0/s1. The van der Waals surface area contributed by atoms with E-state index in [4.69, 9.17) is 28.4 Å². The summed E-state index contributed by atoms with van der Waals surface area (Å²) in [4.78, 5) is 23.8. The number of hydrogen-bond acceptors (Lipinski definition) is 9. The molecule has 0 aliphatic carbocycles. The third kappa shape index (κ3) is 5.11. The highest BCUT2D eigenvalue weighted by Gasteiger charge is 2.49. The Bertz CT molecular complexity index is 386. The second kappa shape index (κ2) is 9.78. The number of methoxy groups -OCH3 is 2. The van der Waals surface area contributed by atoms with Crippen molar-refractivity contribution < 1.29 is 43.1 Å². The monoisotopic (exact) mass is 336 g/mol. The number of hydrogen-bond donors (Lipinski definition) is 1. The summed E-state index contributed by atoms with van der Waals surface area (Å²) in [6, 6.07) is 0. The van der Waals surface area contributed by atoms with Crippen LogP contribution in [0.1, 0.15) is 13.8 Å². The molecule has 0 saturated carbocycles. The number of carbonyl (C=O) groups excluding carboxylic acids is 2. The van der Waals surface area contributed by atoms with E-state index in [1.165, 1.54) is 14.2 Å². The predicted molar refractivity (Wildman–Crippen MR) is 75.2 cm³/mol. The molecule has 0 aromatic heterocycles. The molecule has 0 amide bonds. The Morgan fingerprint density at radius 1 is 1.26 bits per heavy atom. The average molecular weight is 336 g/mol. The maximum absolute atomic E-state index is 12.1. The van der Waals surface area contributed by atoms with Gasteiger partial charge in [-0.3, -0.25) is 0 Å². The molecule has 0 aromatic rings. The Balaban J connectivity index is 2.89. The van der Waals surface area contributed by atoms with E-state index in [0.717, 1.165) is 0 Å². The maximum atomic E-state index is 12.1. The third-order valence-electron chi connectivity index (χ3n) is 3.40. The number of rotatable bonds is 9. The van der Waals surface area contributed by atoms with Gasteiger partial charge in [-0.25, -0.2) is 9.59 Å². The van der Waals surface area contributed by atoms with Crippen molar-refractivity contribution in [1.29, 1.82) is 0 Å². The van der Waals surface area contributed by atoms with Crippen LogP contribution >= 0.6 is 0 Å². The summed E-state index contributed by atoms with van der Waals surface area (Å²) in [5.74, 6) is -2.15. The van der Waals surface area contributed by atoms with Gasteiger partial charge in [0.2, 0.25) is 0 Å². The van der Waals surface area contributed by atoms with Crippen molar-refractivity contribution in [1.82, 2.24) is 0 Å². The first-order chi connectivity index (χ1) is 11.0. The van der Waals surface area contributed by atoms with Crippen molar-refractivity contribution >= 4 is 11.9 Å². The first-order valence-corrected chi connectivity index (χ1v) is 7.24. The molecule has 0 unspecified atom stereocenters. The SMILES string of the molecule is CCOC(=O)[C@H](O)[C@@H]1OC(=O)[C@@H](OCOC)[C@H](OCOC)[C@H]1C. The van der Waals surface area contributed by atoms with Gasteiger partial charge >= 0.3 is 11.9 Å². The fraction of sp³-hybridized carbons (Fsp3) is 0.857. The van der Waals surface area contributed by atoms with E-state index in [1.54, 1.807) is 13.8 Å². The molecule has 1 heterocycles. The normalized spacial score (nSPS) is 29.0. The summed E-state index contributed by atoms with van der Waals surface area (Å²) < 4.78 is 30.3. The molecule has 0 bridgehead atoms. The largest absolute Gasteiger partial charge is 0.464 e. The van der Waals surface area contributed by atoms with Gasteiger partial charge in [0.25, 0.3) is 0 Å². The molecule has 5 atom stereocenters. The van der Waals surface area contributed by atoms with Crippen LogP contribution in [0, 0.1) is 5.92 Å². The van der Waals surface area contributed by atoms with E-state index >= 15 is 0 Å². The summed E-state index contributed by atoms with van der Waals surface area (Å²) in [6.45, 7) is 3.17. The van der Waals surface area contributed by atoms with Crippen LogP contribution in [0.5, 0.6) is 0 Å². The first-order valence-electron chi connectivity index (χ1n) is 7.24. The van der Waals surface area contributed by atoms with Crippen molar-refractivity contribution in [3.63, 3.8) is 0 Å². The molecule has 9 heteroatoms. The molecule has 1 aliphatic heterocycles. The smallest absolute Gasteiger partial charge is 0.338 e. The Morgan fingerprint density at radius 2 is 1.87 bits per heavy atom. The predicted octanol–water partition coefficient (Wildman–Crippen LogP) is -0.550. The molecular weight excluding hydrogens is 312 g/mol. The molecule has 1 saturated heterocycles. The van der Waals surface area contributed by atoms with Gasteiger partial charge in [-0.2, -0.15) is 0 Å². The maximum Gasteiger partial charge on any atom is 0.338 e. The van der Waals surface area contributed by atoms with Crippen LogP contribution in [0.25, 0.3) is 0 Å². The van der Waals surface area contributed by atoms with Crippen molar-refractivity contribution in [2.75, 3.05) is 34.4 Å². The minimum Gasteiger partial charge on any atom is -0.464 e. The van der Waals surface area contributed by atoms with Crippen molar-refractivity contribution in [3.8, 4) is 0 Å². The van der Waals surface area contributed by atoms with E-state index < -0.39 is 42.3 Å². The second-order valence-electron chi connectivity index (χ2n) is 4.99. The average Bonchev–Trinajstić information content (AvgIpc) is 2.53. The van der Waals surface area contributed by atoms with Crippen LogP contribution in [0.2, 0.25) is 0 Å². The summed E-state index contributed by atoms with van der Waals surface area (Å²) >= 11 is 0. The van der Waals surface area contributed by atoms with Crippen LogP contribution < -0.4 is 0 Å². The van der Waals surface area contributed by atoms with Gasteiger partial charge < -0.3 is 33.5 Å². The number of carbonyl (C=O) groups is 2. The number of esters is 2. The fourth-order valence-electron chi connectivity index (χ4n) is 2.31. The van der Waals surface area contributed by atoms with E-state index in [1.807, 2.05) is 0 Å². The quantitative estimate of drug-likeness (QED) is 0.438. The van der Waals surface area contributed by atoms with Gasteiger partial charge in [0, 0.05) is 20.1 Å².